The molecule has 0 saturated heterocycles. The SMILES string of the molecule is Cc1ccsc1[C@H]1NC(=O)c2c(sc3c2CC[C@@H](C(C)(C)C)C3)N1. The third-order valence-corrected chi connectivity index (χ3v) is 7.70. The summed E-state index contributed by atoms with van der Waals surface area (Å²) in [4.78, 5) is 15.4. The van der Waals surface area contributed by atoms with Gasteiger partial charge in [-0.2, -0.15) is 0 Å². The number of hydrogen-bond acceptors (Lipinski definition) is 4. The second-order valence-corrected chi connectivity index (χ2v) is 10.1. The minimum atomic E-state index is -0.0940. The summed E-state index contributed by atoms with van der Waals surface area (Å²) in [6.07, 6.45) is 3.22. The number of amides is 1. The predicted octanol–water partition coefficient (Wildman–Crippen LogP) is 5.12. The Morgan fingerprint density at radius 3 is 2.71 bits per heavy atom. The van der Waals surface area contributed by atoms with E-state index >= 15 is 0 Å². The van der Waals surface area contributed by atoms with Crippen LogP contribution in [0.4, 0.5) is 5.00 Å². The molecule has 0 aromatic carbocycles. The van der Waals surface area contributed by atoms with Gasteiger partial charge in [-0.05, 0) is 60.1 Å². The molecule has 0 bridgehead atoms. The zero-order valence-corrected chi connectivity index (χ0v) is 16.3. The van der Waals surface area contributed by atoms with Crippen LogP contribution in [0.5, 0.6) is 0 Å². The first-order chi connectivity index (χ1) is 11.3. The first-order valence-corrected chi connectivity index (χ1v) is 10.3. The molecule has 2 N–H and O–H groups in total. The van der Waals surface area contributed by atoms with Gasteiger partial charge >= 0.3 is 0 Å². The normalized spacial score (nSPS) is 23.2. The first kappa shape index (κ1) is 16.2. The second-order valence-electron chi connectivity index (χ2n) is 8.03. The molecule has 3 heterocycles. The van der Waals surface area contributed by atoms with E-state index in [1.807, 2.05) is 0 Å². The summed E-state index contributed by atoms with van der Waals surface area (Å²) < 4.78 is 0. The van der Waals surface area contributed by atoms with Crippen molar-refractivity contribution in [1.29, 1.82) is 0 Å². The number of carbonyl (C=O) groups is 1. The van der Waals surface area contributed by atoms with Crippen LogP contribution in [0.15, 0.2) is 11.4 Å². The van der Waals surface area contributed by atoms with E-state index in [1.165, 1.54) is 27.3 Å². The van der Waals surface area contributed by atoms with Crippen LogP contribution in [0.1, 0.15) is 64.6 Å². The monoisotopic (exact) mass is 360 g/mol. The highest BCUT2D eigenvalue weighted by molar-refractivity contribution is 7.16. The van der Waals surface area contributed by atoms with Crippen molar-refractivity contribution in [1.82, 2.24) is 5.32 Å². The average molecular weight is 361 g/mol. The molecule has 0 spiro atoms. The number of fused-ring (bicyclic) bond motifs is 3. The molecule has 1 aliphatic heterocycles. The fraction of sp³-hybridized carbons (Fsp3) is 0.526. The quantitative estimate of drug-likeness (QED) is 0.741. The summed E-state index contributed by atoms with van der Waals surface area (Å²) in [6, 6.07) is 2.11. The van der Waals surface area contributed by atoms with Gasteiger partial charge in [0, 0.05) is 9.75 Å². The van der Waals surface area contributed by atoms with Crippen molar-refractivity contribution in [2.45, 2.75) is 53.1 Å². The van der Waals surface area contributed by atoms with Crippen LogP contribution in [0.2, 0.25) is 0 Å². The molecule has 0 unspecified atom stereocenters. The Morgan fingerprint density at radius 2 is 2.04 bits per heavy atom. The van der Waals surface area contributed by atoms with E-state index in [0.29, 0.717) is 11.3 Å². The topological polar surface area (TPSA) is 41.1 Å². The lowest BCUT2D eigenvalue weighted by molar-refractivity contribution is 0.0935. The van der Waals surface area contributed by atoms with Crippen molar-refractivity contribution in [2.24, 2.45) is 11.3 Å². The van der Waals surface area contributed by atoms with Gasteiger partial charge in [0.05, 0.1) is 5.56 Å². The molecule has 2 aromatic rings. The molecular weight excluding hydrogens is 336 g/mol. The van der Waals surface area contributed by atoms with Crippen molar-refractivity contribution in [2.75, 3.05) is 5.32 Å². The maximum atomic E-state index is 12.8. The van der Waals surface area contributed by atoms with Crippen molar-refractivity contribution in [3.63, 3.8) is 0 Å². The van der Waals surface area contributed by atoms with E-state index < -0.39 is 0 Å². The minimum Gasteiger partial charge on any atom is -0.352 e. The summed E-state index contributed by atoms with van der Waals surface area (Å²) in [6.45, 7) is 9.09. The van der Waals surface area contributed by atoms with Gasteiger partial charge in [0.1, 0.15) is 11.2 Å². The van der Waals surface area contributed by atoms with E-state index in [0.717, 1.165) is 23.4 Å². The van der Waals surface area contributed by atoms with Gasteiger partial charge in [0.15, 0.2) is 0 Å². The summed E-state index contributed by atoms with van der Waals surface area (Å²) in [5.41, 5.74) is 3.76. The molecule has 3 nitrogen and oxygen atoms in total. The van der Waals surface area contributed by atoms with Gasteiger partial charge in [-0.25, -0.2) is 0 Å². The molecule has 2 aliphatic rings. The highest BCUT2D eigenvalue weighted by Gasteiger charge is 2.36. The number of hydrogen-bond donors (Lipinski definition) is 2. The molecule has 2 aromatic heterocycles. The Morgan fingerprint density at radius 1 is 1.25 bits per heavy atom. The molecule has 1 amide bonds. The summed E-state index contributed by atoms with van der Waals surface area (Å²) >= 11 is 3.50. The highest BCUT2D eigenvalue weighted by atomic mass is 32.1. The third-order valence-electron chi connectivity index (χ3n) is 5.43. The first-order valence-electron chi connectivity index (χ1n) is 8.60. The van der Waals surface area contributed by atoms with Crippen LogP contribution in [-0.4, -0.2) is 5.91 Å². The molecular formula is C19H24N2OS2. The van der Waals surface area contributed by atoms with Crippen molar-refractivity contribution >= 4 is 33.6 Å². The standard InChI is InChI=1S/C19H24N2OS2/c1-10-7-8-23-15(10)16-20-17(22)14-12-6-5-11(19(2,3)4)9-13(12)24-18(14)21-16/h7-8,11,16,21H,5-6,9H2,1-4H3,(H,20,22)/t11-,16+/m1/s1. The molecule has 4 rings (SSSR count). The summed E-state index contributed by atoms with van der Waals surface area (Å²) in [5.74, 6) is 0.789. The Labute approximate surface area is 151 Å². The maximum Gasteiger partial charge on any atom is 0.256 e. The van der Waals surface area contributed by atoms with Crippen LogP contribution < -0.4 is 10.6 Å². The average Bonchev–Trinajstić information content (AvgIpc) is 3.08. The number of thiophene rings is 2. The molecule has 0 saturated carbocycles. The van der Waals surface area contributed by atoms with Crippen LogP contribution in [0.3, 0.4) is 0 Å². The summed E-state index contributed by atoms with van der Waals surface area (Å²) in [7, 11) is 0. The van der Waals surface area contributed by atoms with Gasteiger partial charge in [-0.15, -0.1) is 22.7 Å². The Hall–Kier alpha value is -1.33. The summed E-state index contributed by atoms with van der Waals surface area (Å²) in [5, 5.41) is 9.89. The van der Waals surface area contributed by atoms with Gasteiger partial charge in [-0.1, -0.05) is 20.8 Å². The zero-order valence-electron chi connectivity index (χ0n) is 14.7. The number of carbonyl (C=O) groups excluding carboxylic acids is 1. The van der Waals surface area contributed by atoms with E-state index in [2.05, 4.69) is 49.8 Å². The van der Waals surface area contributed by atoms with E-state index in [1.54, 1.807) is 22.7 Å². The maximum absolute atomic E-state index is 12.8. The van der Waals surface area contributed by atoms with Crippen LogP contribution in [0, 0.1) is 18.3 Å². The minimum absolute atomic E-state index is 0.0910. The lowest BCUT2D eigenvalue weighted by atomic mass is 9.72. The molecule has 128 valence electrons. The van der Waals surface area contributed by atoms with Crippen molar-refractivity contribution in [3.05, 3.63) is 37.9 Å². The molecule has 0 radical (unpaired) electrons. The number of nitrogens with one attached hydrogen (secondary N) is 2. The number of aryl methyl sites for hydroxylation is 1. The zero-order chi connectivity index (χ0) is 17.1. The van der Waals surface area contributed by atoms with Crippen molar-refractivity contribution in [3.8, 4) is 0 Å². The second kappa shape index (κ2) is 5.60. The van der Waals surface area contributed by atoms with Gasteiger partial charge in [0.25, 0.3) is 5.91 Å². The Balaban J connectivity index is 1.67. The number of rotatable bonds is 1. The van der Waals surface area contributed by atoms with Crippen LogP contribution in [0.25, 0.3) is 0 Å². The lowest BCUT2D eigenvalue weighted by Gasteiger charge is -2.34. The fourth-order valence-corrected chi connectivity index (χ4v) is 6.13. The van der Waals surface area contributed by atoms with Gasteiger partial charge < -0.3 is 10.6 Å². The molecule has 24 heavy (non-hydrogen) atoms. The smallest absolute Gasteiger partial charge is 0.256 e. The van der Waals surface area contributed by atoms with Crippen molar-refractivity contribution < 1.29 is 4.79 Å². The van der Waals surface area contributed by atoms with Gasteiger partial charge in [-0.3, -0.25) is 4.79 Å². The molecule has 1 aliphatic carbocycles. The van der Waals surface area contributed by atoms with Crippen LogP contribution >= 0.6 is 22.7 Å². The van der Waals surface area contributed by atoms with E-state index in [4.69, 9.17) is 0 Å². The third kappa shape index (κ3) is 2.58. The van der Waals surface area contributed by atoms with Gasteiger partial charge in [0.2, 0.25) is 0 Å². The molecule has 2 atom stereocenters. The molecule has 5 heteroatoms. The van der Waals surface area contributed by atoms with E-state index in [-0.39, 0.29) is 12.1 Å². The van der Waals surface area contributed by atoms with Crippen LogP contribution in [-0.2, 0) is 12.8 Å². The largest absolute Gasteiger partial charge is 0.352 e. The lowest BCUT2D eigenvalue weighted by Crippen LogP contribution is -2.38. The molecule has 0 fully saturated rings. The predicted molar refractivity (Wildman–Crippen MR) is 102 cm³/mol. The fourth-order valence-electron chi connectivity index (χ4n) is 3.85. The van der Waals surface area contributed by atoms with E-state index in [9.17, 15) is 4.79 Å². The number of anilines is 1. The highest BCUT2D eigenvalue weighted by Crippen LogP contribution is 2.46. The Kier molecular flexibility index (Phi) is 3.77. The Bertz CT molecular complexity index is 797.